The Labute approximate surface area is 95.9 Å². The van der Waals surface area contributed by atoms with Crippen LogP contribution < -0.4 is 0 Å². The van der Waals surface area contributed by atoms with Crippen molar-refractivity contribution in [1.29, 1.82) is 0 Å². The van der Waals surface area contributed by atoms with Crippen LogP contribution in [0.15, 0.2) is 18.2 Å². The van der Waals surface area contributed by atoms with Crippen LogP contribution in [0.5, 0.6) is 0 Å². The maximum Gasteiger partial charge on any atom is 0.0883 e. The van der Waals surface area contributed by atoms with E-state index in [-0.39, 0.29) is 11.5 Å². The Balaban J connectivity index is 2.44. The Morgan fingerprint density at radius 3 is 2.73 bits per heavy atom. The molecule has 1 aliphatic heterocycles. The van der Waals surface area contributed by atoms with Crippen molar-refractivity contribution in [2.75, 3.05) is 5.75 Å². The quantitative estimate of drug-likeness (QED) is 0.727. The van der Waals surface area contributed by atoms with Crippen LogP contribution in [0.4, 0.5) is 0 Å². The first kappa shape index (κ1) is 11.0. The molecule has 0 aliphatic carbocycles. The third-order valence-electron chi connectivity index (χ3n) is 2.90. The van der Waals surface area contributed by atoms with Gasteiger partial charge in [0.15, 0.2) is 0 Å². The Kier molecular flexibility index (Phi) is 2.82. The highest BCUT2D eigenvalue weighted by Crippen LogP contribution is 2.34. The molecule has 0 fully saturated rings. The molecule has 0 aromatic heterocycles. The van der Waals surface area contributed by atoms with Gasteiger partial charge in [-0.05, 0) is 22.1 Å². The van der Waals surface area contributed by atoms with Crippen molar-refractivity contribution in [2.45, 2.75) is 38.0 Å². The average Bonchev–Trinajstić information content (AvgIpc) is 2.16. The zero-order valence-electron chi connectivity index (χ0n) is 9.58. The molecular weight excluding hydrogens is 204 g/mol. The lowest BCUT2D eigenvalue weighted by Crippen LogP contribution is -2.15. The van der Waals surface area contributed by atoms with Crippen LogP contribution in [0.3, 0.4) is 0 Å². The van der Waals surface area contributed by atoms with Crippen LogP contribution in [0, 0.1) is 0 Å². The molecule has 0 spiro atoms. The summed E-state index contributed by atoms with van der Waals surface area (Å²) < 4.78 is 0. The second-order valence-electron chi connectivity index (χ2n) is 5.19. The Morgan fingerprint density at radius 2 is 2.07 bits per heavy atom. The van der Waals surface area contributed by atoms with Crippen molar-refractivity contribution in [1.82, 2.24) is 0 Å². The third-order valence-corrected chi connectivity index (χ3v) is 3.97. The van der Waals surface area contributed by atoms with Gasteiger partial charge in [-0.1, -0.05) is 39.0 Å². The van der Waals surface area contributed by atoms with E-state index < -0.39 is 0 Å². The van der Waals surface area contributed by atoms with Crippen LogP contribution in [0.2, 0.25) is 0 Å². The van der Waals surface area contributed by atoms with Crippen molar-refractivity contribution in [3.05, 3.63) is 34.9 Å². The predicted molar refractivity (Wildman–Crippen MR) is 66.3 cm³/mol. The third kappa shape index (κ3) is 2.21. The molecule has 2 heteroatoms. The molecule has 1 aromatic carbocycles. The summed E-state index contributed by atoms with van der Waals surface area (Å²) in [7, 11) is 0. The topological polar surface area (TPSA) is 20.2 Å². The van der Waals surface area contributed by atoms with Gasteiger partial charge in [-0.25, -0.2) is 0 Å². The lowest BCUT2D eigenvalue weighted by Gasteiger charge is -2.25. The second-order valence-corrected chi connectivity index (χ2v) is 6.22. The van der Waals surface area contributed by atoms with Gasteiger partial charge in [-0.2, -0.15) is 11.8 Å². The molecule has 1 heterocycles. The number of aliphatic hydroxyl groups is 1. The molecule has 0 saturated carbocycles. The summed E-state index contributed by atoms with van der Waals surface area (Å²) in [6.45, 7) is 6.62. The summed E-state index contributed by atoms with van der Waals surface area (Å²) in [5.41, 5.74) is 3.92. The van der Waals surface area contributed by atoms with Gasteiger partial charge in [0.2, 0.25) is 0 Å². The van der Waals surface area contributed by atoms with E-state index in [2.05, 4.69) is 39.0 Å². The predicted octanol–water partition coefficient (Wildman–Crippen LogP) is 3.26. The Bertz CT molecular complexity index is 365. The minimum Gasteiger partial charge on any atom is -0.388 e. The normalized spacial score (nSPS) is 21.2. The fraction of sp³-hybridized carbons (Fsp3) is 0.538. The summed E-state index contributed by atoms with van der Waals surface area (Å²) in [5.74, 6) is 1.87. The summed E-state index contributed by atoms with van der Waals surface area (Å²) in [4.78, 5) is 0. The lowest BCUT2D eigenvalue weighted by atomic mass is 9.84. The molecule has 0 amide bonds. The molecule has 0 saturated heterocycles. The van der Waals surface area contributed by atoms with Crippen molar-refractivity contribution in [3.8, 4) is 0 Å². The number of aliphatic hydroxyl groups excluding tert-OH is 1. The van der Waals surface area contributed by atoms with Crippen molar-refractivity contribution < 1.29 is 5.11 Å². The summed E-state index contributed by atoms with van der Waals surface area (Å²) in [5, 5.41) is 9.93. The van der Waals surface area contributed by atoms with Crippen molar-refractivity contribution in [2.24, 2.45) is 0 Å². The first-order valence-corrected chi connectivity index (χ1v) is 6.53. The monoisotopic (exact) mass is 222 g/mol. The SMILES string of the molecule is CC(C)(C)c1ccc2c(c1)C(O)CSC2. The van der Waals surface area contributed by atoms with E-state index in [4.69, 9.17) is 0 Å². The van der Waals surface area contributed by atoms with E-state index in [1.54, 1.807) is 0 Å². The average molecular weight is 222 g/mol. The van der Waals surface area contributed by atoms with Gasteiger partial charge in [0.1, 0.15) is 0 Å². The van der Waals surface area contributed by atoms with Gasteiger partial charge in [-0.3, -0.25) is 0 Å². The molecule has 0 bridgehead atoms. The Hall–Kier alpha value is -0.470. The molecule has 2 rings (SSSR count). The summed E-state index contributed by atoms with van der Waals surface area (Å²) >= 11 is 1.81. The number of fused-ring (bicyclic) bond motifs is 1. The van der Waals surface area contributed by atoms with Crippen LogP contribution in [-0.2, 0) is 11.2 Å². The fourth-order valence-electron chi connectivity index (χ4n) is 1.87. The largest absolute Gasteiger partial charge is 0.388 e. The van der Waals surface area contributed by atoms with Crippen LogP contribution in [0.1, 0.15) is 43.6 Å². The number of benzene rings is 1. The first-order chi connectivity index (χ1) is 6.98. The van der Waals surface area contributed by atoms with Crippen LogP contribution in [-0.4, -0.2) is 10.9 Å². The molecule has 15 heavy (non-hydrogen) atoms. The van der Waals surface area contributed by atoms with Gasteiger partial charge >= 0.3 is 0 Å². The standard InChI is InChI=1S/C13H18OS/c1-13(2,3)10-5-4-9-7-15-8-12(14)11(9)6-10/h4-6,12,14H,7-8H2,1-3H3. The molecule has 0 radical (unpaired) electrons. The molecular formula is C13H18OS. The molecule has 1 atom stereocenters. The maximum atomic E-state index is 9.93. The van der Waals surface area contributed by atoms with E-state index in [0.29, 0.717) is 0 Å². The maximum absolute atomic E-state index is 9.93. The van der Waals surface area contributed by atoms with E-state index in [0.717, 1.165) is 17.1 Å². The van der Waals surface area contributed by atoms with E-state index in [9.17, 15) is 5.11 Å². The highest BCUT2D eigenvalue weighted by Gasteiger charge is 2.21. The van der Waals surface area contributed by atoms with Gasteiger partial charge in [0.05, 0.1) is 6.10 Å². The molecule has 82 valence electrons. The number of rotatable bonds is 0. The number of hydrogen-bond donors (Lipinski definition) is 1. The van der Waals surface area contributed by atoms with Gasteiger partial charge in [-0.15, -0.1) is 0 Å². The van der Waals surface area contributed by atoms with Gasteiger partial charge in [0.25, 0.3) is 0 Å². The van der Waals surface area contributed by atoms with E-state index in [1.165, 1.54) is 11.1 Å². The van der Waals surface area contributed by atoms with Gasteiger partial charge < -0.3 is 5.11 Å². The minimum absolute atomic E-state index is 0.166. The zero-order chi connectivity index (χ0) is 11.1. The van der Waals surface area contributed by atoms with Crippen LogP contribution in [0.25, 0.3) is 0 Å². The molecule has 1 aliphatic rings. The van der Waals surface area contributed by atoms with Crippen molar-refractivity contribution >= 4 is 11.8 Å². The fourth-order valence-corrected chi connectivity index (χ4v) is 2.88. The first-order valence-electron chi connectivity index (χ1n) is 5.37. The zero-order valence-corrected chi connectivity index (χ0v) is 10.4. The van der Waals surface area contributed by atoms with Crippen LogP contribution >= 0.6 is 11.8 Å². The highest BCUT2D eigenvalue weighted by atomic mass is 32.2. The molecule has 1 unspecified atom stereocenters. The molecule has 1 N–H and O–H groups in total. The lowest BCUT2D eigenvalue weighted by molar-refractivity contribution is 0.201. The van der Waals surface area contributed by atoms with E-state index >= 15 is 0 Å². The van der Waals surface area contributed by atoms with Crippen molar-refractivity contribution in [3.63, 3.8) is 0 Å². The summed E-state index contributed by atoms with van der Waals surface area (Å²) in [6.07, 6.45) is -0.277. The highest BCUT2D eigenvalue weighted by molar-refractivity contribution is 7.98. The minimum atomic E-state index is -0.277. The Morgan fingerprint density at radius 1 is 1.33 bits per heavy atom. The number of thioether (sulfide) groups is 1. The van der Waals surface area contributed by atoms with Gasteiger partial charge in [0, 0.05) is 11.5 Å². The van der Waals surface area contributed by atoms with E-state index in [1.807, 2.05) is 11.8 Å². The number of hydrogen-bond acceptors (Lipinski definition) is 2. The smallest absolute Gasteiger partial charge is 0.0883 e. The molecule has 1 nitrogen and oxygen atoms in total. The molecule has 1 aromatic rings. The summed E-state index contributed by atoms with van der Waals surface area (Å²) in [6, 6.07) is 6.54. The second kappa shape index (κ2) is 3.84.